The first-order valence-corrected chi connectivity index (χ1v) is 4.61. The minimum Gasteiger partial charge on any atom is -0.444 e. The zero-order valence-electron chi connectivity index (χ0n) is 8.64. The lowest BCUT2D eigenvalue weighted by Gasteiger charge is -2.27. The number of hydrogen-bond acceptors (Lipinski definition) is 2. The van der Waals surface area contributed by atoms with Gasteiger partial charge in [-0.25, -0.2) is 9.69 Å². The number of rotatable bonds is 0. The normalized spacial score (nSPS) is 21.1. The van der Waals surface area contributed by atoms with Gasteiger partial charge in [0.2, 0.25) is 0 Å². The summed E-state index contributed by atoms with van der Waals surface area (Å²) >= 11 is 0. The number of halogens is 2. The van der Waals surface area contributed by atoms with Crippen LogP contribution in [0.1, 0.15) is 33.6 Å². The fourth-order valence-corrected chi connectivity index (χ4v) is 1.29. The van der Waals surface area contributed by atoms with Crippen LogP contribution in [0.2, 0.25) is 0 Å². The quantitative estimate of drug-likeness (QED) is 0.571. The minimum absolute atomic E-state index is 0.0713. The van der Waals surface area contributed by atoms with Crippen LogP contribution in [0.25, 0.3) is 0 Å². The van der Waals surface area contributed by atoms with Gasteiger partial charge >= 0.3 is 12.1 Å². The van der Waals surface area contributed by atoms with E-state index in [-0.39, 0.29) is 13.0 Å². The Balaban J connectivity index is 2.62. The molecule has 0 spiro atoms. The molecule has 1 amide bonds. The van der Waals surface area contributed by atoms with Crippen molar-refractivity contribution in [1.29, 1.82) is 0 Å². The van der Waals surface area contributed by atoms with Gasteiger partial charge in [-0.2, -0.15) is 8.78 Å². The van der Waals surface area contributed by atoms with E-state index in [0.717, 1.165) is 0 Å². The van der Waals surface area contributed by atoms with Gasteiger partial charge in [0.1, 0.15) is 5.60 Å². The maximum Gasteiger partial charge on any atom is 0.414 e. The molecule has 3 nitrogen and oxygen atoms in total. The molecule has 5 heteroatoms. The van der Waals surface area contributed by atoms with Crippen molar-refractivity contribution in [3.05, 3.63) is 0 Å². The van der Waals surface area contributed by atoms with Crippen LogP contribution in [0.15, 0.2) is 0 Å². The first kappa shape index (κ1) is 11.2. The molecule has 0 atom stereocenters. The third-order valence-corrected chi connectivity index (χ3v) is 1.87. The van der Waals surface area contributed by atoms with Gasteiger partial charge in [-0.05, 0) is 27.2 Å². The van der Waals surface area contributed by atoms with Gasteiger partial charge in [-0.15, -0.1) is 0 Å². The zero-order valence-corrected chi connectivity index (χ0v) is 8.64. The van der Waals surface area contributed by atoms with Crippen molar-refractivity contribution in [2.45, 2.75) is 45.3 Å². The van der Waals surface area contributed by atoms with E-state index in [4.69, 9.17) is 4.74 Å². The summed E-state index contributed by atoms with van der Waals surface area (Å²) in [5.74, 6) is 0. The van der Waals surface area contributed by atoms with E-state index in [1.165, 1.54) is 0 Å². The lowest BCUT2D eigenvalue weighted by atomic mass is 10.2. The summed E-state index contributed by atoms with van der Waals surface area (Å²) in [5.41, 5.74) is -0.726. The Morgan fingerprint density at radius 1 is 1.43 bits per heavy atom. The van der Waals surface area contributed by atoms with E-state index in [1.807, 2.05) is 0 Å². The number of carbonyl (C=O) groups is 1. The Morgan fingerprint density at radius 3 is 2.36 bits per heavy atom. The van der Waals surface area contributed by atoms with Gasteiger partial charge in [0.25, 0.3) is 0 Å². The fraction of sp³-hybridized carbons (Fsp3) is 0.889. The van der Waals surface area contributed by atoms with Crippen LogP contribution >= 0.6 is 0 Å². The number of nitrogens with zero attached hydrogens (tertiary/aromatic N) is 1. The van der Waals surface area contributed by atoms with Crippen LogP contribution in [0.4, 0.5) is 13.6 Å². The molecule has 0 N–H and O–H groups in total. The Hall–Kier alpha value is -0.870. The van der Waals surface area contributed by atoms with Gasteiger partial charge in [0.15, 0.2) is 0 Å². The van der Waals surface area contributed by atoms with Crippen LogP contribution in [-0.2, 0) is 4.74 Å². The summed E-state index contributed by atoms with van der Waals surface area (Å²) in [6.07, 6.45) is -0.877. The van der Waals surface area contributed by atoms with Crippen molar-refractivity contribution in [1.82, 2.24) is 4.90 Å². The van der Waals surface area contributed by atoms with E-state index in [0.29, 0.717) is 11.3 Å². The molecule has 0 aromatic heterocycles. The van der Waals surface area contributed by atoms with Crippen molar-refractivity contribution >= 4 is 6.09 Å². The first-order chi connectivity index (χ1) is 6.22. The second-order valence-electron chi connectivity index (χ2n) is 4.40. The van der Waals surface area contributed by atoms with Gasteiger partial charge in [-0.3, -0.25) is 0 Å². The van der Waals surface area contributed by atoms with Crippen LogP contribution < -0.4 is 0 Å². The highest BCUT2D eigenvalue weighted by Gasteiger charge is 2.46. The summed E-state index contributed by atoms with van der Waals surface area (Å²) in [6, 6.07) is -3.04. The maximum atomic E-state index is 13.1. The molecular weight excluding hydrogens is 192 g/mol. The highest BCUT2D eigenvalue weighted by Crippen LogP contribution is 2.33. The number of amides is 1. The summed E-state index contributed by atoms with van der Waals surface area (Å²) in [6.45, 7) is 5.03. The lowest BCUT2D eigenvalue weighted by molar-refractivity contribution is -0.114. The molecule has 0 aromatic carbocycles. The average Bonchev–Trinajstić information content (AvgIpc) is 2.25. The number of likely N-dealkylation sites (tertiary alicyclic amines) is 1. The molecule has 0 aromatic rings. The lowest BCUT2D eigenvalue weighted by Crippen LogP contribution is -2.43. The Labute approximate surface area is 82.0 Å². The van der Waals surface area contributed by atoms with Crippen molar-refractivity contribution in [2.24, 2.45) is 0 Å². The largest absolute Gasteiger partial charge is 0.444 e. The SMILES string of the molecule is CC(C)(C)OC(=O)N1CCCC1(F)F. The topological polar surface area (TPSA) is 29.5 Å². The van der Waals surface area contributed by atoms with E-state index in [2.05, 4.69) is 0 Å². The van der Waals surface area contributed by atoms with Crippen LogP contribution in [-0.4, -0.2) is 29.2 Å². The van der Waals surface area contributed by atoms with Crippen LogP contribution in [0, 0.1) is 0 Å². The smallest absolute Gasteiger partial charge is 0.414 e. The molecule has 0 aliphatic carbocycles. The highest BCUT2D eigenvalue weighted by molar-refractivity contribution is 5.69. The molecule has 0 bridgehead atoms. The molecule has 82 valence electrons. The Morgan fingerprint density at radius 2 is 2.00 bits per heavy atom. The molecule has 1 aliphatic rings. The highest BCUT2D eigenvalue weighted by atomic mass is 19.3. The fourth-order valence-electron chi connectivity index (χ4n) is 1.29. The van der Waals surface area contributed by atoms with Crippen molar-refractivity contribution in [2.75, 3.05) is 6.54 Å². The molecule has 0 saturated carbocycles. The summed E-state index contributed by atoms with van der Waals surface area (Å²) in [5, 5.41) is 0. The van der Waals surface area contributed by atoms with Gasteiger partial charge < -0.3 is 4.74 Å². The molecule has 0 unspecified atom stereocenters. The van der Waals surface area contributed by atoms with E-state index in [9.17, 15) is 13.6 Å². The summed E-state index contributed by atoms with van der Waals surface area (Å²) in [7, 11) is 0. The second-order valence-corrected chi connectivity index (χ2v) is 4.40. The number of hydrogen-bond donors (Lipinski definition) is 0. The minimum atomic E-state index is -3.04. The first-order valence-electron chi connectivity index (χ1n) is 4.61. The second kappa shape index (κ2) is 3.37. The maximum absolute atomic E-state index is 13.1. The summed E-state index contributed by atoms with van der Waals surface area (Å²) < 4.78 is 31.0. The standard InChI is InChI=1S/C9H15F2NO2/c1-8(2,3)14-7(13)12-6-4-5-9(12,10)11/h4-6H2,1-3H3. The summed E-state index contributed by atoms with van der Waals surface area (Å²) in [4.78, 5) is 11.8. The zero-order chi connectivity index (χ0) is 11.0. The predicted octanol–water partition coefficient (Wildman–Crippen LogP) is 2.61. The molecule has 0 radical (unpaired) electrons. The van der Waals surface area contributed by atoms with E-state index >= 15 is 0 Å². The van der Waals surface area contributed by atoms with Crippen LogP contribution in [0.3, 0.4) is 0 Å². The molecule has 1 heterocycles. The van der Waals surface area contributed by atoms with Crippen molar-refractivity contribution < 1.29 is 18.3 Å². The Kier molecular flexibility index (Phi) is 2.69. The predicted molar refractivity (Wildman–Crippen MR) is 47.1 cm³/mol. The van der Waals surface area contributed by atoms with Gasteiger partial charge in [-0.1, -0.05) is 0 Å². The van der Waals surface area contributed by atoms with Crippen LogP contribution in [0.5, 0.6) is 0 Å². The molecule has 1 aliphatic heterocycles. The molecule has 14 heavy (non-hydrogen) atoms. The number of alkyl halides is 2. The van der Waals surface area contributed by atoms with Crippen molar-refractivity contribution in [3.63, 3.8) is 0 Å². The molecule has 1 rings (SSSR count). The average molecular weight is 207 g/mol. The molecule has 1 saturated heterocycles. The molecule has 1 fully saturated rings. The molecular formula is C9H15F2NO2. The van der Waals surface area contributed by atoms with Gasteiger partial charge in [0, 0.05) is 13.0 Å². The third-order valence-electron chi connectivity index (χ3n) is 1.87. The Bertz CT molecular complexity index is 235. The number of ether oxygens (including phenoxy) is 1. The third kappa shape index (κ3) is 2.56. The van der Waals surface area contributed by atoms with E-state index in [1.54, 1.807) is 20.8 Å². The monoisotopic (exact) mass is 207 g/mol. The van der Waals surface area contributed by atoms with E-state index < -0.39 is 17.7 Å². The number of carbonyl (C=O) groups excluding carboxylic acids is 1. The van der Waals surface area contributed by atoms with Crippen molar-refractivity contribution in [3.8, 4) is 0 Å². The van der Waals surface area contributed by atoms with Gasteiger partial charge in [0.05, 0.1) is 0 Å².